The smallest absolute Gasteiger partial charge is 0.212 e. The molecule has 0 spiro atoms. The van der Waals surface area contributed by atoms with E-state index in [1.165, 1.54) is 20.3 Å². The molecule has 0 amide bonds. The van der Waals surface area contributed by atoms with Gasteiger partial charge in [0.15, 0.2) is 6.10 Å². The third-order valence-electron chi connectivity index (χ3n) is 1.93. The average molecular weight is 260 g/mol. The van der Waals surface area contributed by atoms with Gasteiger partial charge in [0.05, 0.1) is 17.2 Å². The van der Waals surface area contributed by atoms with Crippen molar-refractivity contribution in [3.05, 3.63) is 21.9 Å². The number of ether oxygens (including phenoxy) is 2. The molecule has 0 aromatic rings. The van der Waals surface area contributed by atoms with Gasteiger partial charge in [-0.3, -0.25) is 0 Å². The van der Waals surface area contributed by atoms with Crippen LogP contribution in [0.3, 0.4) is 0 Å². The van der Waals surface area contributed by atoms with Crippen molar-refractivity contribution in [2.24, 2.45) is 0 Å². The van der Waals surface area contributed by atoms with Crippen molar-refractivity contribution < 1.29 is 14.6 Å². The zero-order chi connectivity index (χ0) is 10.9. The van der Waals surface area contributed by atoms with E-state index in [2.05, 4.69) is 0 Å². The topological polar surface area (TPSA) is 38.7 Å². The van der Waals surface area contributed by atoms with E-state index in [1.54, 1.807) is 0 Å². The van der Waals surface area contributed by atoms with Gasteiger partial charge in [-0.15, -0.1) is 0 Å². The number of hydrogen-bond donors (Lipinski definition) is 1. The minimum Gasteiger partial charge on any atom is -0.498 e. The summed E-state index contributed by atoms with van der Waals surface area (Å²) in [5, 5.41) is 8.40. The van der Waals surface area contributed by atoms with E-state index >= 15 is 0 Å². The summed E-state index contributed by atoms with van der Waals surface area (Å²) in [5.74, 6) is 0.205. The third kappa shape index (κ3) is 1.75. The Morgan fingerprint density at radius 1 is 1.43 bits per heavy atom. The summed E-state index contributed by atoms with van der Waals surface area (Å²) in [6, 6.07) is 0. The molecule has 0 aromatic heterocycles. The molecule has 2 atom stereocenters. The Morgan fingerprint density at radius 3 is 2.43 bits per heavy atom. The number of aliphatic hydroxyl groups is 1. The van der Waals surface area contributed by atoms with Crippen LogP contribution in [0, 0.1) is 0 Å². The van der Waals surface area contributed by atoms with E-state index in [0.29, 0.717) is 0 Å². The van der Waals surface area contributed by atoms with Gasteiger partial charge in [0.25, 0.3) is 0 Å². The fourth-order valence-electron chi connectivity index (χ4n) is 1.10. The fraction of sp³-hybridized carbons (Fsp3) is 0.500. The summed E-state index contributed by atoms with van der Waals surface area (Å²) in [6.45, 7) is 0. The van der Waals surface area contributed by atoms with Gasteiger partial charge in [0.2, 0.25) is 5.06 Å². The fourth-order valence-corrected chi connectivity index (χ4v) is 1.85. The monoisotopic (exact) mass is 258 g/mol. The number of methoxy groups -OCH3 is 2. The number of allylic oxidation sites excluding steroid dienone is 2. The highest BCUT2D eigenvalue weighted by Crippen LogP contribution is 2.42. The predicted octanol–water partition coefficient (Wildman–Crippen LogP) is 2.16. The molecule has 0 saturated heterocycles. The van der Waals surface area contributed by atoms with Gasteiger partial charge < -0.3 is 14.6 Å². The van der Waals surface area contributed by atoms with E-state index in [1.807, 2.05) is 0 Å². The minimum absolute atomic E-state index is 0.0385. The van der Waals surface area contributed by atoms with Crippen LogP contribution in [0.4, 0.5) is 0 Å². The molecule has 2 unspecified atom stereocenters. The Hall–Kier alpha value is 0.0700. The number of halogens is 3. The number of hydrogen-bond acceptors (Lipinski definition) is 3. The number of aliphatic hydroxyl groups excluding tert-OH is 1. The molecule has 0 heterocycles. The highest BCUT2D eigenvalue weighted by molar-refractivity contribution is 6.45. The quantitative estimate of drug-likeness (QED) is 0.773. The van der Waals surface area contributed by atoms with Gasteiger partial charge in [-0.1, -0.05) is 34.8 Å². The molecule has 0 fully saturated rings. The Bertz CT molecular complexity index is 300. The molecule has 1 rings (SSSR count). The molecule has 0 aromatic carbocycles. The summed E-state index contributed by atoms with van der Waals surface area (Å²) in [4.78, 5) is 0. The molecule has 1 aliphatic rings. The van der Waals surface area contributed by atoms with Crippen molar-refractivity contribution in [1.29, 1.82) is 0 Å². The zero-order valence-electron chi connectivity index (χ0n) is 7.55. The van der Waals surface area contributed by atoms with Crippen LogP contribution >= 0.6 is 34.8 Å². The average Bonchev–Trinajstić information content (AvgIpc) is 2.20. The van der Waals surface area contributed by atoms with Crippen LogP contribution in [0.25, 0.3) is 0 Å². The minimum atomic E-state index is -1.57. The Morgan fingerprint density at radius 2 is 2.00 bits per heavy atom. The Balaban J connectivity index is 3.19. The maximum absolute atomic E-state index is 9.75. The molecule has 3 nitrogen and oxygen atoms in total. The van der Waals surface area contributed by atoms with Crippen LogP contribution in [0.2, 0.25) is 0 Å². The molecule has 0 bridgehead atoms. The normalized spacial score (nSPS) is 33.0. The molecular formula is C8H9Cl3O3. The van der Waals surface area contributed by atoms with Crippen LogP contribution in [0.15, 0.2) is 21.9 Å². The molecule has 1 aliphatic carbocycles. The van der Waals surface area contributed by atoms with Crippen LogP contribution in [0.5, 0.6) is 0 Å². The van der Waals surface area contributed by atoms with Crippen LogP contribution in [-0.4, -0.2) is 30.5 Å². The van der Waals surface area contributed by atoms with Crippen molar-refractivity contribution in [3.63, 3.8) is 0 Å². The second-order valence-electron chi connectivity index (χ2n) is 2.66. The molecule has 14 heavy (non-hydrogen) atoms. The van der Waals surface area contributed by atoms with Gasteiger partial charge in [-0.25, -0.2) is 0 Å². The van der Waals surface area contributed by atoms with Crippen molar-refractivity contribution in [2.75, 3.05) is 14.2 Å². The highest BCUT2D eigenvalue weighted by Gasteiger charge is 2.46. The van der Waals surface area contributed by atoms with Crippen LogP contribution in [0.1, 0.15) is 0 Å². The lowest BCUT2D eigenvalue weighted by atomic mass is 10.1. The largest absolute Gasteiger partial charge is 0.498 e. The van der Waals surface area contributed by atoms with Gasteiger partial charge >= 0.3 is 0 Å². The van der Waals surface area contributed by atoms with Crippen molar-refractivity contribution in [3.8, 4) is 0 Å². The first-order chi connectivity index (χ1) is 6.47. The van der Waals surface area contributed by atoms with E-state index < -0.39 is 11.2 Å². The lowest BCUT2D eigenvalue weighted by Gasteiger charge is -2.34. The molecule has 1 N–H and O–H groups in total. The zero-order valence-corrected chi connectivity index (χ0v) is 9.82. The summed E-state index contributed by atoms with van der Waals surface area (Å²) < 4.78 is 9.81. The maximum Gasteiger partial charge on any atom is 0.212 e. The molecular weight excluding hydrogens is 250 g/mol. The second-order valence-corrected chi connectivity index (χ2v) is 4.01. The van der Waals surface area contributed by atoms with Gasteiger partial charge in [0.1, 0.15) is 5.76 Å². The summed E-state index contributed by atoms with van der Waals surface area (Å²) in [6.07, 6.45) is 0.211. The maximum atomic E-state index is 9.75. The van der Waals surface area contributed by atoms with Crippen LogP contribution < -0.4 is 0 Å². The van der Waals surface area contributed by atoms with Gasteiger partial charge in [-0.05, 0) is 6.08 Å². The predicted molar refractivity (Wildman–Crippen MR) is 55.4 cm³/mol. The summed E-state index contributed by atoms with van der Waals surface area (Å²) in [5.41, 5.74) is 0. The highest BCUT2D eigenvalue weighted by atomic mass is 35.5. The van der Waals surface area contributed by atoms with E-state index in [4.69, 9.17) is 44.3 Å². The van der Waals surface area contributed by atoms with E-state index in [-0.39, 0.29) is 15.8 Å². The summed E-state index contributed by atoms with van der Waals surface area (Å²) >= 11 is 17.6. The number of alkyl halides is 1. The van der Waals surface area contributed by atoms with E-state index in [9.17, 15) is 5.11 Å². The lowest BCUT2D eigenvalue weighted by molar-refractivity contribution is -0.0224. The van der Waals surface area contributed by atoms with E-state index in [0.717, 1.165) is 0 Å². The first-order valence-electron chi connectivity index (χ1n) is 3.70. The summed E-state index contributed by atoms with van der Waals surface area (Å²) in [7, 11) is 2.72. The van der Waals surface area contributed by atoms with Crippen molar-refractivity contribution in [1.82, 2.24) is 0 Å². The molecule has 80 valence electrons. The lowest BCUT2D eigenvalue weighted by Crippen LogP contribution is -2.43. The Labute approximate surface area is 96.8 Å². The van der Waals surface area contributed by atoms with Gasteiger partial charge in [-0.2, -0.15) is 0 Å². The molecule has 0 radical (unpaired) electrons. The van der Waals surface area contributed by atoms with Crippen molar-refractivity contribution >= 4 is 34.8 Å². The molecule has 0 aliphatic heterocycles. The number of rotatable bonds is 2. The first-order valence-corrected chi connectivity index (χ1v) is 4.84. The SMILES string of the molecule is COC1=CC(Cl)=C(Cl)C(Cl)(OC)C1O. The first kappa shape index (κ1) is 12.1. The van der Waals surface area contributed by atoms with Crippen molar-refractivity contribution in [2.45, 2.75) is 11.2 Å². The standard InChI is InChI=1S/C8H9Cl3O3/c1-13-5-3-4(9)6(10)8(11,14-2)7(5)12/h3,7,12H,1-2H3. The Kier molecular flexibility index (Phi) is 3.72. The molecule has 6 heteroatoms. The molecule has 0 saturated carbocycles. The van der Waals surface area contributed by atoms with Gasteiger partial charge in [0, 0.05) is 7.11 Å². The van der Waals surface area contributed by atoms with Crippen LogP contribution in [-0.2, 0) is 9.47 Å². The third-order valence-corrected chi connectivity index (χ3v) is 3.46. The second kappa shape index (κ2) is 4.29.